The van der Waals surface area contributed by atoms with Gasteiger partial charge in [-0.25, -0.2) is 4.98 Å². The van der Waals surface area contributed by atoms with Gasteiger partial charge >= 0.3 is 0 Å². The lowest BCUT2D eigenvalue weighted by molar-refractivity contribution is -0.113. The lowest BCUT2D eigenvalue weighted by Gasteiger charge is -2.22. The number of amides is 2. The highest BCUT2D eigenvalue weighted by atomic mass is 35.5. The van der Waals surface area contributed by atoms with Crippen LogP contribution in [0.15, 0.2) is 34.9 Å². The van der Waals surface area contributed by atoms with Gasteiger partial charge in [0.2, 0.25) is 5.91 Å². The zero-order valence-electron chi connectivity index (χ0n) is 17.6. The van der Waals surface area contributed by atoms with Crippen molar-refractivity contribution in [3.63, 3.8) is 0 Å². The molecule has 0 saturated carbocycles. The van der Waals surface area contributed by atoms with Crippen molar-refractivity contribution in [3.8, 4) is 0 Å². The maximum Gasteiger partial charge on any atom is 0.251 e. The molecule has 1 aromatic carbocycles. The molecule has 0 spiro atoms. The third kappa shape index (κ3) is 6.00. The average Bonchev–Trinajstić information content (AvgIpc) is 3.41. The first kappa shape index (κ1) is 24.5. The number of halogens is 2. The molecular formula is C20H22Cl2N6O2S2. The van der Waals surface area contributed by atoms with E-state index in [4.69, 9.17) is 23.2 Å². The number of thioether (sulfide) groups is 1. The molecule has 12 heteroatoms. The van der Waals surface area contributed by atoms with E-state index in [1.165, 1.54) is 29.2 Å². The Kier molecular flexibility index (Phi) is 8.52. The normalized spacial score (nSPS) is 12.1. The van der Waals surface area contributed by atoms with E-state index < -0.39 is 0 Å². The molecule has 0 fully saturated rings. The molecule has 0 unspecified atom stereocenters. The minimum absolute atomic E-state index is 0.0438. The van der Waals surface area contributed by atoms with E-state index >= 15 is 0 Å². The zero-order chi connectivity index (χ0) is 23.3. The molecule has 3 aromatic rings. The van der Waals surface area contributed by atoms with Crippen LogP contribution >= 0.6 is 46.3 Å². The Labute approximate surface area is 204 Å². The van der Waals surface area contributed by atoms with Crippen LogP contribution in [0.5, 0.6) is 0 Å². The highest BCUT2D eigenvalue weighted by Crippen LogP contribution is 2.27. The van der Waals surface area contributed by atoms with Crippen molar-refractivity contribution in [1.29, 1.82) is 0 Å². The van der Waals surface area contributed by atoms with Crippen LogP contribution in [-0.4, -0.2) is 37.3 Å². The molecule has 0 aliphatic heterocycles. The SMILES string of the molecule is CCn1c(SCC(=O)Nc2nccs2)nnc1[C@H](NC(=O)c1ccc(Cl)c(Cl)c1)C(C)C. The molecule has 2 aromatic heterocycles. The first-order valence-corrected chi connectivity index (χ1v) is 12.4. The number of thiazole rings is 1. The molecule has 3 rings (SSSR count). The van der Waals surface area contributed by atoms with Crippen LogP contribution < -0.4 is 10.6 Å². The number of aromatic nitrogens is 4. The van der Waals surface area contributed by atoms with E-state index in [-0.39, 0.29) is 29.5 Å². The number of rotatable bonds is 9. The Morgan fingerprint density at radius 2 is 2.00 bits per heavy atom. The standard InChI is InChI=1S/C20H22Cl2N6O2S2/c1-4-28-17(26-27-20(28)32-10-15(29)24-19-23-7-8-31-19)16(11(2)3)25-18(30)12-5-6-13(21)14(22)9-12/h5-9,11,16H,4,10H2,1-3H3,(H,25,30)(H,23,24,29)/t16-/m1/s1. The second-order valence-corrected chi connectivity index (χ2v) is 9.73. The van der Waals surface area contributed by atoms with Crippen LogP contribution in [0.3, 0.4) is 0 Å². The first-order valence-electron chi connectivity index (χ1n) is 9.81. The molecule has 0 bridgehead atoms. The summed E-state index contributed by atoms with van der Waals surface area (Å²) in [5.41, 5.74) is 0.404. The van der Waals surface area contributed by atoms with Crippen molar-refractivity contribution in [3.05, 3.63) is 51.2 Å². The van der Waals surface area contributed by atoms with Crippen molar-refractivity contribution in [1.82, 2.24) is 25.1 Å². The van der Waals surface area contributed by atoms with Gasteiger partial charge in [0.15, 0.2) is 16.1 Å². The molecule has 0 aliphatic rings. The molecule has 0 saturated heterocycles. The van der Waals surface area contributed by atoms with Gasteiger partial charge in [0, 0.05) is 23.7 Å². The van der Waals surface area contributed by atoms with Crippen LogP contribution in [0.25, 0.3) is 0 Å². The summed E-state index contributed by atoms with van der Waals surface area (Å²) in [6.07, 6.45) is 1.63. The lowest BCUT2D eigenvalue weighted by Crippen LogP contribution is -2.33. The Balaban J connectivity index is 1.73. The maximum atomic E-state index is 12.8. The van der Waals surface area contributed by atoms with Crippen LogP contribution in [0, 0.1) is 5.92 Å². The van der Waals surface area contributed by atoms with E-state index in [0.717, 1.165) is 0 Å². The number of nitrogens with zero attached hydrogens (tertiary/aromatic N) is 4. The Morgan fingerprint density at radius 1 is 1.22 bits per heavy atom. The number of hydrogen-bond acceptors (Lipinski definition) is 7. The summed E-state index contributed by atoms with van der Waals surface area (Å²) in [4.78, 5) is 29.1. The van der Waals surface area contributed by atoms with Gasteiger partial charge in [-0.15, -0.1) is 21.5 Å². The largest absolute Gasteiger partial charge is 0.342 e. The molecule has 0 radical (unpaired) electrons. The Hall–Kier alpha value is -2.14. The molecule has 1 atom stereocenters. The lowest BCUT2D eigenvalue weighted by atomic mass is 10.0. The van der Waals surface area contributed by atoms with E-state index in [1.54, 1.807) is 23.7 Å². The number of carbonyl (C=O) groups is 2. The molecule has 2 heterocycles. The van der Waals surface area contributed by atoms with E-state index in [9.17, 15) is 9.59 Å². The summed E-state index contributed by atoms with van der Waals surface area (Å²) in [6.45, 7) is 6.53. The third-order valence-corrected chi connectivity index (χ3v) is 6.88. The minimum atomic E-state index is -0.386. The highest BCUT2D eigenvalue weighted by molar-refractivity contribution is 7.99. The number of benzene rings is 1. The van der Waals surface area contributed by atoms with Crippen molar-refractivity contribution in [2.24, 2.45) is 5.92 Å². The molecule has 8 nitrogen and oxygen atoms in total. The van der Waals surface area contributed by atoms with Crippen LogP contribution in [0.1, 0.15) is 43.0 Å². The zero-order valence-corrected chi connectivity index (χ0v) is 20.8. The summed E-state index contributed by atoms with van der Waals surface area (Å²) >= 11 is 14.6. The number of carbonyl (C=O) groups excluding carboxylic acids is 2. The molecule has 2 amide bonds. The number of hydrogen-bond donors (Lipinski definition) is 2. The van der Waals surface area contributed by atoms with Crippen molar-refractivity contribution in [2.45, 2.75) is 38.5 Å². The number of anilines is 1. The molecule has 2 N–H and O–H groups in total. The topological polar surface area (TPSA) is 102 Å². The molecule has 32 heavy (non-hydrogen) atoms. The van der Waals surface area contributed by atoms with Gasteiger partial charge in [-0.3, -0.25) is 9.59 Å². The second-order valence-electron chi connectivity index (χ2n) is 7.08. The molecule has 170 valence electrons. The summed E-state index contributed by atoms with van der Waals surface area (Å²) < 4.78 is 1.90. The van der Waals surface area contributed by atoms with Gasteiger partial charge in [0.05, 0.1) is 21.8 Å². The van der Waals surface area contributed by atoms with Gasteiger partial charge in [0.25, 0.3) is 5.91 Å². The quantitative estimate of drug-likeness (QED) is 0.394. The second kappa shape index (κ2) is 11.1. The van der Waals surface area contributed by atoms with E-state index in [1.807, 2.05) is 25.3 Å². The Bertz CT molecular complexity index is 1090. The number of nitrogens with one attached hydrogen (secondary N) is 2. The summed E-state index contributed by atoms with van der Waals surface area (Å²) in [5, 5.41) is 18.0. The van der Waals surface area contributed by atoms with Gasteiger partial charge in [-0.1, -0.05) is 48.8 Å². The van der Waals surface area contributed by atoms with Gasteiger partial charge in [-0.05, 0) is 31.0 Å². The summed E-state index contributed by atoms with van der Waals surface area (Å²) in [5.74, 6) is 0.371. The predicted molar refractivity (Wildman–Crippen MR) is 129 cm³/mol. The van der Waals surface area contributed by atoms with Crippen LogP contribution in [-0.2, 0) is 11.3 Å². The minimum Gasteiger partial charge on any atom is -0.342 e. The van der Waals surface area contributed by atoms with Crippen molar-refractivity contribution < 1.29 is 9.59 Å². The van der Waals surface area contributed by atoms with Gasteiger partial charge < -0.3 is 15.2 Å². The maximum absolute atomic E-state index is 12.8. The molecule has 0 aliphatic carbocycles. The van der Waals surface area contributed by atoms with Crippen LogP contribution in [0.2, 0.25) is 10.0 Å². The average molecular weight is 513 g/mol. The highest BCUT2D eigenvalue weighted by Gasteiger charge is 2.26. The van der Waals surface area contributed by atoms with E-state index in [0.29, 0.717) is 38.3 Å². The van der Waals surface area contributed by atoms with E-state index in [2.05, 4.69) is 25.8 Å². The Morgan fingerprint density at radius 3 is 2.62 bits per heavy atom. The summed E-state index contributed by atoms with van der Waals surface area (Å²) in [7, 11) is 0. The van der Waals surface area contributed by atoms with Gasteiger partial charge in [0.1, 0.15) is 0 Å². The molecular weight excluding hydrogens is 491 g/mol. The van der Waals surface area contributed by atoms with Gasteiger partial charge in [-0.2, -0.15) is 0 Å². The fraction of sp³-hybridized carbons (Fsp3) is 0.350. The fourth-order valence-electron chi connectivity index (χ4n) is 2.90. The summed E-state index contributed by atoms with van der Waals surface area (Å²) in [6, 6.07) is 4.35. The fourth-order valence-corrected chi connectivity index (χ4v) is 4.55. The monoisotopic (exact) mass is 512 g/mol. The predicted octanol–water partition coefficient (Wildman–Crippen LogP) is 4.92. The van der Waals surface area contributed by atoms with Crippen LogP contribution in [0.4, 0.5) is 5.13 Å². The smallest absolute Gasteiger partial charge is 0.251 e. The van der Waals surface area contributed by atoms with Crippen molar-refractivity contribution >= 4 is 63.2 Å². The first-order chi connectivity index (χ1) is 15.3. The third-order valence-electron chi connectivity index (χ3n) is 4.49. The van der Waals surface area contributed by atoms with Crippen molar-refractivity contribution in [2.75, 3.05) is 11.1 Å².